The van der Waals surface area contributed by atoms with E-state index in [1.54, 1.807) is 26.4 Å². The molecule has 2 rings (SSSR count). The molecule has 2 aromatic heterocycles. The molecule has 0 spiro atoms. The second-order valence-electron chi connectivity index (χ2n) is 3.69. The lowest BCUT2D eigenvalue weighted by Crippen LogP contribution is -2.22. The van der Waals surface area contributed by atoms with E-state index < -0.39 is 0 Å². The van der Waals surface area contributed by atoms with E-state index in [1.165, 1.54) is 22.0 Å². The van der Waals surface area contributed by atoms with Gasteiger partial charge in [-0.2, -0.15) is 10.4 Å². The van der Waals surface area contributed by atoms with Gasteiger partial charge in [-0.15, -0.1) is 0 Å². The summed E-state index contributed by atoms with van der Waals surface area (Å²) in [6.07, 6.45) is 4.46. The van der Waals surface area contributed by atoms with Crippen LogP contribution in [0.5, 0.6) is 0 Å². The summed E-state index contributed by atoms with van der Waals surface area (Å²) in [6.45, 7) is 0. The van der Waals surface area contributed by atoms with E-state index in [4.69, 9.17) is 5.26 Å². The van der Waals surface area contributed by atoms with E-state index in [0.717, 1.165) is 0 Å². The lowest BCUT2D eigenvalue weighted by atomic mass is 10.4. The van der Waals surface area contributed by atoms with Crippen LogP contribution in [0.15, 0.2) is 24.7 Å². The molecule has 0 fully saturated rings. The molecule has 90 valence electrons. The van der Waals surface area contributed by atoms with Gasteiger partial charge in [-0.25, -0.2) is 14.6 Å². The highest BCUT2D eigenvalue weighted by atomic mass is 16.2. The fourth-order valence-electron chi connectivity index (χ4n) is 1.36. The number of nitriles is 1. The largest absolute Gasteiger partial charge is 0.343 e. The zero-order valence-corrected chi connectivity index (χ0v) is 9.90. The third-order valence-electron chi connectivity index (χ3n) is 2.22. The quantitative estimate of drug-likeness (QED) is 0.752. The van der Waals surface area contributed by atoms with Gasteiger partial charge in [0.25, 0.3) is 5.91 Å². The van der Waals surface area contributed by atoms with Crippen molar-refractivity contribution in [3.05, 3.63) is 36.0 Å². The van der Waals surface area contributed by atoms with Gasteiger partial charge in [0.1, 0.15) is 6.07 Å². The molecule has 2 heterocycles. The van der Waals surface area contributed by atoms with Crippen LogP contribution in [0.2, 0.25) is 0 Å². The van der Waals surface area contributed by atoms with Crippen LogP contribution in [0.3, 0.4) is 0 Å². The Labute approximate surface area is 103 Å². The average molecular weight is 242 g/mol. The van der Waals surface area contributed by atoms with E-state index in [9.17, 15) is 4.79 Å². The van der Waals surface area contributed by atoms with Crippen molar-refractivity contribution in [1.82, 2.24) is 24.6 Å². The predicted molar refractivity (Wildman–Crippen MR) is 61.9 cm³/mol. The molecule has 0 aliphatic carbocycles. The Bertz CT molecular complexity index is 624. The fourth-order valence-corrected chi connectivity index (χ4v) is 1.36. The molecular weight excluding hydrogens is 232 g/mol. The zero-order valence-electron chi connectivity index (χ0n) is 9.90. The van der Waals surface area contributed by atoms with Gasteiger partial charge in [-0.3, -0.25) is 4.79 Å². The first-order valence-electron chi connectivity index (χ1n) is 5.12. The molecule has 0 bridgehead atoms. The maximum atomic E-state index is 11.7. The molecule has 18 heavy (non-hydrogen) atoms. The molecule has 0 unspecified atom stereocenters. The molecule has 0 saturated heterocycles. The first kappa shape index (κ1) is 11.7. The average Bonchev–Trinajstić information content (AvgIpc) is 2.87. The molecule has 7 heteroatoms. The standard InChI is InChI=1S/C11H10N6O/c1-16(2)11(18)8-3-6-17(15-8)10-9(7-12)13-4-5-14-10/h3-6H,1-2H3. The van der Waals surface area contributed by atoms with Crippen molar-refractivity contribution in [3.8, 4) is 11.9 Å². The molecule has 0 aliphatic rings. The van der Waals surface area contributed by atoms with Crippen molar-refractivity contribution in [1.29, 1.82) is 5.26 Å². The maximum Gasteiger partial charge on any atom is 0.273 e. The third-order valence-corrected chi connectivity index (χ3v) is 2.22. The molecule has 0 aromatic carbocycles. The van der Waals surface area contributed by atoms with Gasteiger partial charge in [0.05, 0.1) is 0 Å². The Morgan fingerprint density at radius 1 is 1.39 bits per heavy atom. The highest BCUT2D eigenvalue weighted by Gasteiger charge is 2.14. The number of hydrogen-bond donors (Lipinski definition) is 0. The molecule has 1 amide bonds. The van der Waals surface area contributed by atoms with Gasteiger partial charge in [0, 0.05) is 32.7 Å². The fraction of sp³-hybridized carbons (Fsp3) is 0.182. The minimum absolute atomic E-state index is 0.157. The monoisotopic (exact) mass is 242 g/mol. The Kier molecular flexibility index (Phi) is 3.02. The summed E-state index contributed by atoms with van der Waals surface area (Å²) in [5.74, 6) is 0.0916. The molecule has 0 N–H and O–H groups in total. The molecule has 0 radical (unpaired) electrons. The number of carbonyl (C=O) groups excluding carboxylic acids is 1. The van der Waals surface area contributed by atoms with E-state index in [-0.39, 0.29) is 17.3 Å². The van der Waals surface area contributed by atoms with Crippen LogP contribution < -0.4 is 0 Å². The summed E-state index contributed by atoms with van der Waals surface area (Å²) in [4.78, 5) is 21.0. The summed E-state index contributed by atoms with van der Waals surface area (Å²) < 4.78 is 1.36. The van der Waals surface area contributed by atoms with Crippen LogP contribution in [-0.4, -0.2) is 44.7 Å². The Morgan fingerprint density at radius 3 is 2.78 bits per heavy atom. The Hall–Kier alpha value is -2.75. The normalized spacial score (nSPS) is 9.83. The van der Waals surface area contributed by atoms with Crippen molar-refractivity contribution in [2.24, 2.45) is 0 Å². The molecule has 2 aromatic rings. The van der Waals surface area contributed by atoms with Crippen LogP contribution in [-0.2, 0) is 0 Å². The molecular formula is C11H10N6O. The smallest absolute Gasteiger partial charge is 0.273 e. The Morgan fingerprint density at radius 2 is 2.11 bits per heavy atom. The maximum absolute atomic E-state index is 11.7. The van der Waals surface area contributed by atoms with Crippen LogP contribution in [0.1, 0.15) is 16.2 Å². The van der Waals surface area contributed by atoms with Crippen molar-refractivity contribution in [2.45, 2.75) is 0 Å². The number of aromatic nitrogens is 4. The number of rotatable bonds is 2. The first-order valence-corrected chi connectivity index (χ1v) is 5.12. The van der Waals surface area contributed by atoms with Gasteiger partial charge in [-0.05, 0) is 6.07 Å². The summed E-state index contributed by atoms with van der Waals surface area (Å²) >= 11 is 0. The number of nitrogens with zero attached hydrogens (tertiary/aromatic N) is 6. The molecule has 0 atom stereocenters. The highest BCUT2D eigenvalue weighted by Crippen LogP contribution is 2.08. The van der Waals surface area contributed by atoms with E-state index >= 15 is 0 Å². The SMILES string of the molecule is CN(C)C(=O)c1ccn(-c2nccnc2C#N)n1. The van der Waals surface area contributed by atoms with Gasteiger partial charge < -0.3 is 4.90 Å². The summed E-state index contributed by atoms with van der Waals surface area (Å²) in [7, 11) is 3.29. The number of amides is 1. The van der Waals surface area contributed by atoms with Gasteiger partial charge >= 0.3 is 0 Å². The minimum atomic E-state index is -0.212. The molecule has 7 nitrogen and oxygen atoms in total. The van der Waals surface area contributed by atoms with E-state index in [2.05, 4.69) is 15.1 Å². The summed E-state index contributed by atoms with van der Waals surface area (Å²) in [5.41, 5.74) is 0.444. The van der Waals surface area contributed by atoms with Gasteiger partial charge in [0.15, 0.2) is 17.2 Å². The van der Waals surface area contributed by atoms with Crippen molar-refractivity contribution < 1.29 is 4.79 Å². The summed E-state index contributed by atoms with van der Waals surface area (Å²) in [6, 6.07) is 3.49. The highest BCUT2D eigenvalue weighted by molar-refractivity contribution is 5.91. The zero-order chi connectivity index (χ0) is 13.1. The van der Waals surface area contributed by atoms with Crippen molar-refractivity contribution in [3.63, 3.8) is 0 Å². The predicted octanol–water partition coefficient (Wildman–Crippen LogP) is 0.236. The van der Waals surface area contributed by atoms with Crippen LogP contribution in [0.25, 0.3) is 5.82 Å². The van der Waals surface area contributed by atoms with E-state index in [0.29, 0.717) is 5.82 Å². The van der Waals surface area contributed by atoms with Crippen molar-refractivity contribution >= 4 is 5.91 Å². The molecule has 0 saturated carbocycles. The van der Waals surface area contributed by atoms with E-state index in [1.807, 2.05) is 6.07 Å². The second-order valence-corrected chi connectivity index (χ2v) is 3.69. The first-order chi connectivity index (χ1) is 8.63. The lowest BCUT2D eigenvalue weighted by molar-refractivity contribution is 0.0821. The lowest BCUT2D eigenvalue weighted by Gasteiger charge is -2.06. The van der Waals surface area contributed by atoms with Crippen LogP contribution >= 0.6 is 0 Å². The van der Waals surface area contributed by atoms with Gasteiger partial charge in [-0.1, -0.05) is 0 Å². The number of carbonyl (C=O) groups is 1. The topological polar surface area (TPSA) is 87.7 Å². The minimum Gasteiger partial charge on any atom is -0.343 e. The Balaban J connectivity index is 2.42. The van der Waals surface area contributed by atoms with Gasteiger partial charge in [0.2, 0.25) is 0 Å². The molecule has 0 aliphatic heterocycles. The number of hydrogen-bond acceptors (Lipinski definition) is 5. The summed E-state index contributed by atoms with van der Waals surface area (Å²) in [5, 5.41) is 13.0. The second kappa shape index (κ2) is 4.63. The van der Waals surface area contributed by atoms with Crippen molar-refractivity contribution in [2.75, 3.05) is 14.1 Å². The third kappa shape index (κ3) is 2.04. The van der Waals surface area contributed by atoms with Crippen LogP contribution in [0, 0.1) is 11.3 Å². The van der Waals surface area contributed by atoms with Crippen LogP contribution in [0.4, 0.5) is 0 Å².